The van der Waals surface area contributed by atoms with Crippen molar-refractivity contribution in [1.29, 1.82) is 0 Å². The van der Waals surface area contributed by atoms with Crippen molar-refractivity contribution in [2.24, 2.45) is 23.2 Å². The summed E-state index contributed by atoms with van der Waals surface area (Å²) in [6, 6.07) is 7.62. The summed E-state index contributed by atoms with van der Waals surface area (Å²) in [6.45, 7) is 1.66. The van der Waals surface area contributed by atoms with Gasteiger partial charge in [-0.15, -0.1) is 0 Å². The molecule has 2 amide bonds. The zero-order valence-electron chi connectivity index (χ0n) is 16.8. The zero-order chi connectivity index (χ0) is 19.1. The Labute approximate surface area is 168 Å². The fourth-order valence-corrected chi connectivity index (χ4v) is 6.87. The van der Waals surface area contributed by atoms with Crippen molar-refractivity contribution in [3.8, 4) is 0 Å². The molecule has 1 aliphatic heterocycles. The molecule has 0 aromatic heterocycles. The van der Waals surface area contributed by atoms with Crippen molar-refractivity contribution in [3.63, 3.8) is 0 Å². The van der Waals surface area contributed by atoms with Gasteiger partial charge in [-0.1, -0.05) is 25.0 Å². The molecular formula is C24H32N2O2. The summed E-state index contributed by atoms with van der Waals surface area (Å²) >= 11 is 0. The average molecular weight is 381 g/mol. The SMILES string of the molecule is O=C(c1ccccc1NC(=O)C12CC3CC(CC(C3)C1)C2)N1CCCCCC1. The van der Waals surface area contributed by atoms with E-state index in [1.807, 2.05) is 29.2 Å². The van der Waals surface area contributed by atoms with Gasteiger partial charge in [-0.2, -0.15) is 0 Å². The predicted octanol–water partition coefficient (Wildman–Crippen LogP) is 4.86. The van der Waals surface area contributed by atoms with Gasteiger partial charge in [0.1, 0.15) is 0 Å². The molecule has 4 nitrogen and oxygen atoms in total. The molecule has 5 fully saturated rings. The summed E-state index contributed by atoms with van der Waals surface area (Å²) in [5.41, 5.74) is 1.17. The molecular weight excluding hydrogens is 348 g/mol. The molecule has 0 atom stereocenters. The standard InChI is InChI=1S/C24H32N2O2/c27-22(26-9-5-1-2-6-10-26)20-7-3-4-8-21(20)25-23(28)24-14-17-11-18(15-24)13-19(12-17)16-24/h3-4,7-8,17-19H,1-2,5-6,9-16H2,(H,25,28). The van der Waals surface area contributed by atoms with Crippen LogP contribution in [0.4, 0.5) is 5.69 Å². The van der Waals surface area contributed by atoms with E-state index in [1.165, 1.54) is 32.1 Å². The molecule has 1 aromatic rings. The molecule has 1 heterocycles. The number of amides is 2. The molecule has 4 saturated carbocycles. The zero-order valence-corrected chi connectivity index (χ0v) is 16.8. The number of carbonyl (C=O) groups excluding carboxylic acids is 2. The highest BCUT2D eigenvalue weighted by molar-refractivity contribution is 6.05. The van der Waals surface area contributed by atoms with Crippen LogP contribution in [0.1, 0.15) is 74.6 Å². The van der Waals surface area contributed by atoms with E-state index in [1.54, 1.807) is 0 Å². The first-order valence-electron chi connectivity index (χ1n) is 11.3. The number of nitrogens with zero attached hydrogens (tertiary/aromatic N) is 1. The Morgan fingerprint density at radius 3 is 2.04 bits per heavy atom. The van der Waals surface area contributed by atoms with Gasteiger partial charge in [-0.05, 0) is 81.3 Å². The maximum atomic E-state index is 13.4. The molecule has 1 aromatic carbocycles. The van der Waals surface area contributed by atoms with Gasteiger partial charge in [-0.3, -0.25) is 9.59 Å². The second-order valence-electron chi connectivity index (χ2n) is 9.90. The third-order valence-electron chi connectivity index (χ3n) is 7.82. The molecule has 4 heteroatoms. The molecule has 0 unspecified atom stereocenters. The van der Waals surface area contributed by atoms with Gasteiger partial charge in [0.2, 0.25) is 5.91 Å². The van der Waals surface area contributed by atoms with Crippen LogP contribution in [0, 0.1) is 23.2 Å². The van der Waals surface area contributed by atoms with Crippen LogP contribution in [0.25, 0.3) is 0 Å². The van der Waals surface area contributed by atoms with Crippen molar-refractivity contribution >= 4 is 17.5 Å². The van der Waals surface area contributed by atoms with Crippen LogP contribution in [0.2, 0.25) is 0 Å². The summed E-state index contributed by atoms with van der Waals surface area (Å²) in [6.07, 6.45) is 11.7. The van der Waals surface area contributed by atoms with Gasteiger partial charge in [0.25, 0.3) is 5.91 Å². The molecule has 1 saturated heterocycles. The summed E-state index contributed by atoms with van der Waals surface area (Å²) in [5.74, 6) is 2.47. The maximum absolute atomic E-state index is 13.4. The predicted molar refractivity (Wildman–Crippen MR) is 110 cm³/mol. The largest absolute Gasteiger partial charge is 0.339 e. The number of hydrogen-bond donors (Lipinski definition) is 1. The van der Waals surface area contributed by atoms with E-state index >= 15 is 0 Å². The average Bonchev–Trinajstić information content (AvgIpc) is 2.96. The number of rotatable bonds is 3. The number of hydrogen-bond acceptors (Lipinski definition) is 2. The van der Waals surface area contributed by atoms with Crippen molar-refractivity contribution in [2.45, 2.75) is 64.2 Å². The quantitative estimate of drug-likeness (QED) is 0.814. The summed E-state index contributed by atoms with van der Waals surface area (Å²) in [5, 5.41) is 3.22. The highest BCUT2D eigenvalue weighted by atomic mass is 16.2. The first-order valence-corrected chi connectivity index (χ1v) is 11.3. The Balaban J connectivity index is 1.36. The lowest BCUT2D eigenvalue weighted by Crippen LogP contribution is -2.51. The van der Waals surface area contributed by atoms with Crippen LogP contribution in [0.15, 0.2) is 24.3 Å². The number of anilines is 1. The topological polar surface area (TPSA) is 49.4 Å². The maximum Gasteiger partial charge on any atom is 0.255 e. The van der Waals surface area contributed by atoms with Crippen LogP contribution in [0.5, 0.6) is 0 Å². The first kappa shape index (κ1) is 18.2. The van der Waals surface area contributed by atoms with Gasteiger partial charge in [-0.25, -0.2) is 0 Å². The van der Waals surface area contributed by atoms with Crippen LogP contribution in [0.3, 0.4) is 0 Å². The van der Waals surface area contributed by atoms with E-state index in [4.69, 9.17) is 0 Å². The number of likely N-dealkylation sites (tertiary alicyclic amines) is 1. The molecule has 5 aliphatic rings. The molecule has 0 spiro atoms. The van der Waals surface area contributed by atoms with E-state index in [2.05, 4.69) is 5.32 Å². The third-order valence-corrected chi connectivity index (χ3v) is 7.82. The summed E-state index contributed by atoms with van der Waals surface area (Å²) in [7, 11) is 0. The highest BCUT2D eigenvalue weighted by Crippen LogP contribution is 2.60. The summed E-state index contributed by atoms with van der Waals surface area (Å²) < 4.78 is 0. The van der Waals surface area contributed by atoms with Crippen molar-refractivity contribution in [3.05, 3.63) is 29.8 Å². The minimum atomic E-state index is -0.187. The summed E-state index contributed by atoms with van der Waals surface area (Å²) in [4.78, 5) is 28.6. The van der Waals surface area contributed by atoms with Crippen molar-refractivity contribution in [1.82, 2.24) is 4.90 Å². The molecule has 150 valence electrons. The van der Waals surface area contributed by atoms with Crippen LogP contribution < -0.4 is 5.32 Å². The van der Waals surface area contributed by atoms with Gasteiger partial charge in [0.15, 0.2) is 0 Å². The lowest BCUT2D eigenvalue weighted by Gasteiger charge is -2.55. The molecule has 4 aliphatic carbocycles. The van der Waals surface area contributed by atoms with Crippen molar-refractivity contribution < 1.29 is 9.59 Å². The highest BCUT2D eigenvalue weighted by Gasteiger charge is 2.54. The smallest absolute Gasteiger partial charge is 0.255 e. The molecule has 4 bridgehead atoms. The Bertz CT molecular complexity index is 728. The Morgan fingerprint density at radius 1 is 0.857 bits per heavy atom. The fourth-order valence-electron chi connectivity index (χ4n) is 6.87. The molecule has 0 radical (unpaired) electrons. The third kappa shape index (κ3) is 3.25. The molecule has 6 rings (SSSR count). The van der Waals surface area contributed by atoms with E-state index in [9.17, 15) is 9.59 Å². The van der Waals surface area contributed by atoms with E-state index < -0.39 is 0 Å². The van der Waals surface area contributed by atoms with E-state index in [-0.39, 0.29) is 17.2 Å². The second-order valence-corrected chi connectivity index (χ2v) is 9.90. The number of nitrogens with one attached hydrogen (secondary N) is 1. The van der Waals surface area contributed by atoms with Crippen LogP contribution >= 0.6 is 0 Å². The lowest BCUT2D eigenvalue weighted by molar-refractivity contribution is -0.140. The minimum Gasteiger partial charge on any atom is -0.339 e. The Kier molecular flexibility index (Phi) is 4.68. The molecule has 1 N–H and O–H groups in total. The lowest BCUT2D eigenvalue weighted by atomic mass is 9.49. The van der Waals surface area contributed by atoms with Gasteiger partial charge < -0.3 is 10.2 Å². The normalized spacial score (nSPS) is 34.1. The van der Waals surface area contributed by atoms with Crippen LogP contribution in [-0.2, 0) is 4.79 Å². The second kappa shape index (κ2) is 7.20. The minimum absolute atomic E-state index is 0.0725. The van der Waals surface area contributed by atoms with Crippen molar-refractivity contribution in [2.75, 3.05) is 18.4 Å². The van der Waals surface area contributed by atoms with Crippen LogP contribution in [-0.4, -0.2) is 29.8 Å². The Morgan fingerprint density at radius 2 is 1.43 bits per heavy atom. The van der Waals surface area contributed by atoms with Gasteiger partial charge in [0, 0.05) is 13.1 Å². The van der Waals surface area contributed by atoms with E-state index in [0.29, 0.717) is 11.3 Å². The van der Waals surface area contributed by atoms with Gasteiger partial charge in [0.05, 0.1) is 16.7 Å². The monoisotopic (exact) mass is 380 g/mol. The van der Waals surface area contributed by atoms with Gasteiger partial charge >= 0.3 is 0 Å². The fraction of sp³-hybridized carbons (Fsp3) is 0.667. The Hall–Kier alpha value is -1.84. The first-order chi connectivity index (χ1) is 13.6. The number of carbonyl (C=O) groups is 2. The van der Waals surface area contributed by atoms with E-state index in [0.717, 1.165) is 62.9 Å². The molecule has 28 heavy (non-hydrogen) atoms. The number of benzene rings is 1. The number of para-hydroxylation sites is 1.